The average molecular weight is 373 g/mol. The van der Waals surface area contributed by atoms with Gasteiger partial charge in [0, 0.05) is 35.8 Å². The van der Waals surface area contributed by atoms with Crippen molar-refractivity contribution in [3.63, 3.8) is 0 Å². The summed E-state index contributed by atoms with van der Waals surface area (Å²) in [6, 6.07) is 11.4. The molecule has 0 spiro atoms. The molecule has 5 rings (SSSR count). The van der Waals surface area contributed by atoms with E-state index in [1.807, 2.05) is 30.3 Å². The Morgan fingerprint density at radius 1 is 1.21 bits per heavy atom. The lowest BCUT2D eigenvalue weighted by Crippen LogP contribution is -2.15. The molecule has 7 heteroatoms. The van der Waals surface area contributed by atoms with Crippen LogP contribution in [0.25, 0.3) is 11.6 Å². The van der Waals surface area contributed by atoms with Crippen molar-refractivity contribution in [1.82, 2.24) is 4.98 Å². The van der Waals surface area contributed by atoms with E-state index in [2.05, 4.69) is 9.98 Å². The largest absolute Gasteiger partial charge is 0.504 e. The molecular formula is C21H15N3O4. The van der Waals surface area contributed by atoms with Crippen molar-refractivity contribution in [2.24, 2.45) is 4.99 Å². The zero-order valence-electron chi connectivity index (χ0n) is 14.7. The number of anilines is 2. The molecule has 0 saturated carbocycles. The molecule has 0 saturated heterocycles. The summed E-state index contributed by atoms with van der Waals surface area (Å²) in [6.07, 6.45) is 5.63. The molecule has 0 aliphatic carbocycles. The lowest BCUT2D eigenvalue weighted by molar-refractivity contribution is 0.0694. The summed E-state index contributed by atoms with van der Waals surface area (Å²) in [6.45, 7) is 0.580. The molecule has 2 aromatic heterocycles. The zero-order chi connectivity index (χ0) is 19.3. The van der Waals surface area contributed by atoms with Crippen LogP contribution in [0, 0.1) is 0 Å². The molecule has 0 amide bonds. The van der Waals surface area contributed by atoms with Crippen molar-refractivity contribution in [3.8, 4) is 5.75 Å². The molecule has 0 atom stereocenters. The standard InChI is InChI=1S/C21H15N3O4/c25-18-16(10-13-11-23-19-14(13)5-3-8-22-19)28-20(17(18)21(26)27)24-9-7-12-4-1-2-6-15(12)24/h1-6,8,10-11,25H,7,9H2,(H,26,27). The van der Waals surface area contributed by atoms with Crippen molar-refractivity contribution in [3.05, 3.63) is 65.0 Å². The number of aromatic hydroxyl groups is 1. The maximum Gasteiger partial charge on any atom is 0.345 e. The van der Waals surface area contributed by atoms with Gasteiger partial charge in [0.15, 0.2) is 22.9 Å². The number of nitrogens with zero attached hydrogens (tertiary/aromatic N) is 3. The molecule has 0 radical (unpaired) electrons. The first kappa shape index (κ1) is 16.3. The summed E-state index contributed by atoms with van der Waals surface area (Å²) in [7, 11) is 0. The number of carboxylic acids is 1. The molecule has 1 aromatic carbocycles. The van der Waals surface area contributed by atoms with Gasteiger partial charge >= 0.3 is 5.97 Å². The van der Waals surface area contributed by atoms with Crippen LogP contribution in [-0.2, 0) is 6.42 Å². The summed E-state index contributed by atoms with van der Waals surface area (Å²) in [5.74, 6) is -0.859. The number of fused-ring (bicyclic) bond motifs is 2. The molecule has 0 bridgehead atoms. The average Bonchev–Trinajstić information content (AvgIpc) is 3.38. The Hall–Kier alpha value is -3.87. The fourth-order valence-electron chi connectivity index (χ4n) is 3.64. The molecule has 2 aliphatic rings. The van der Waals surface area contributed by atoms with Gasteiger partial charge in [-0.05, 0) is 36.3 Å². The lowest BCUT2D eigenvalue weighted by atomic mass is 10.1. The minimum atomic E-state index is -1.24. The number of furan rings is 1. The van der Waals surface area contributed by atoms with E-state index in [1.54, 1.807) is 29.5 Å². The van der Waals surface area contributed by atoms with Crippen LogP contribution in [-0.4, -0.2) is 33.9 Å². The molecule has 7 nitrogen and oxygen atoms in total. The smallest absolute Gasteiger partial charge is 0.345 e. The van der Waals surface area contributed by atoms with Crippen molar-refractivity contribution in [2.75, 3.05) is 11.4 Å². The maximum absolute atomic E-state index is 11.9. The van der Waals surface area contributed by atoms with E-state index in [0.717, 1.165) is 23.2 Å². The van der Waals surface area contributed by atoms with E-state index >= 15 is 0 Å². The second-order valence-electron chi connectivity index (χ2n) is 6.56. The number of carboxylic acid groups (broad SMARTS) is 1. The van der Waals surface area contributed by atoms with Crippen LogP contribution in [0.15, 0.2) is 52.0 Å². The second-order valence-corrected chi connectivity index (χ2v) is 6.56. The van der Waals surface area contributed by atoms with Crippen LogP contribution in [0.1, 0.15) is 27.2 Å². The number of aromatic carboxylic acids is 1. The highest BCUT2D eigenvalue weighted by molar-refractivity contribution is 6.21. The van der Waals surface area contributed by atoms with Crippen LogP contribution in [0.5, 0.6) is 5.75 Å². The number of aliphatic imine (C=N–C) groups is 1. The number of benzene rings is 1. The molecule has 0 fully saturated rings. The minimum Gasteiger partial charge on any atom is -0.504 e. The fourth-order valence-corrected chi connectivity index (χ4v) is 3.64. The SMILES string of the molecule is O=C(O)c1c(N2CCc3ccccc32)oc(C=C2C=Nc3ncccc32)c1O. The third-order valence-electron chi connectivity index (χ3n) is 4.95. The first-order valence-electron chi connectivity index (χ1n) is 8.79. The molecule has 3 aromatic rings. The molecule has 4 heterocycles. The topological polar surface area (TPSA) is 99.2 Å². The van der Waals surface area contributed by atoms with Crippen LogP contribution in [0.3, 0.4) is 0 Å². The third-order valence-corrected chi connectivity index (χ3v) is 4.95. The van der Waals surface area contributed by atoms with E-state index in [-0.39, 0.29) is 17.2 Å². The van der Waals surface area contributed by atoms with Gasteiger partial charge < -0.3 is 19.5 Å². The fraction of sp³-hybridized carbons (Fsp3) is 0.0952. The highest BCUT2D eigenvalue weighted by Gasteiger charge is 2.32. The van der Waals surface area contributed by atoms with Crippen molar-refractivity contribution in [2.45, 2.75) is 6.42 Å². The van der Waals surface area contributed by atoms with E-state index in [9.17, 15) is 15.0 Å². The molecule has 28 heavy (non-hydrogen) atoms. The monoisotopic (exact) mass is 373 g/mol. The van der Waals surface area contributed by atoms with Crippen LogP contribution < -0.4 is 4.90 Å². The number of carbonyl (C=O) groups is 1. The first-order valence-corrected chi connectivity index (χ1v) is 8.79. The normalized spacial score (nSPS) is 15.9. The Morgan fingerprint density at radius 2 is 2.07 bits per heavy atom. The van der Waals surface area contributed by atoms with Gasteiger partial charge in [0.1, 0.15) is 0 Å². The second kappa shape index (κ2) is 6.09. The predicted octanol–water partition coefficient (Wildman–Crippen LogP) is 4.03. The third kappa shape index (κ3) is 2.40. The van der Waals surface area contributed by atoms with Gasteiger partial charge in [0.05, 0.1) is 0 Å². The van der Waals surface area contributed by atoms with Gasteiger partial charge in [0.2, 0.25) is 5.88 Å². The highest BCUT2D eigenvalue weighted by Crippen LogP contribution is 2.43. The predicted molar refractivity (Wildman–Crippen MR) is 105 cm³/mol. The zero-order valence-corrected chi connectivity index (χ0v) is 14.7. The maximum atomic E-state index is 11.9. The van der Waals surface area contributed by atoms with E-state index in [4.69, 9.17) is 4.42 Å². The lowest BCUT2D eigenvalue weighted by Gasteiger charge is -2.16. The van der Waals surface area contributed by atoms with Gasteiger partial charge in [-0.2, -0.15) is 0 Å². The number of rotatable bonds is 3. The molecule has 0 unspecified atom stereocenters. The van der Waals surface area contributed by atoms with Crippen LogP contribution in [0.4, 0.5) is 17.4 Å². The Morgan fingerprint density at radius 3 is 2.93 bits per heavy atom. The Kier molecular flexibility index (Phi) is 3.55. The van der Waals surface area contributed by atoms with Gasteiger partial charge in [-0.3, -0.25) is 0 Å². The van der Waals surface area contributed by atoms with Crippen molar-refractivity contribution >= 4 is 41.2 Å². The summed E-state index contributed by atoms with van der Waals surface area (Å²) in [4.78, 5) is 22.0. The number of hydrogen-bond donors (Lipinski definition) is 2. The number of pyridine rings is 1. The summed E-state index contributed by atoms with van der Waals surface area (Å²) >= 11 is 0. The summed E-state index contributed by atoms with van der Waals surface area (Å²) in [5, 5.41) is 20.3. The molecule has 138 valence electrons. The van der Waals surface area contributed by atoms with E-state index in [1.165, 1.54) is 0 Å². The number of hydrogen-bond acceptors (Lipinski definition) is 6. The molecule has 2 N–H and O–H groups in total. The Balaban J connectivity index is 1.63. The quantitative estimate of drug-likeness (QED) is 0.719. The Bertz CT molecular complexity index is 1180. The molecular weight excluding hydrogens is 358 g/mol. The highest BCUT2D eigenvalue weighted by atomic mass is 16.4. The number of allylic oxidation sites excluding steroid dienone is 1. The first-order chi connectivity index (χ1) is 13.6. The van der Waals surface area contributed by atoms with Crippen molar-refractivity contribution in [1.29, 1.82) is 0 Å². The van der Waals surface area contributed by atoms with Crippen LogP contribution in [0.2, 0.25) is 0 Å². The summed E-state index contributed by atoms with van der Waals surface area (Å²) < 4.78 is 5.86. The van der Waals surface area contributed by atoms with Crippen molar-refractivity contribution < 1.29 is 19.4 Å². The van der Waals surface area contributed by atoms with E-state index < -0.39 is 11.7 Å². The summed E-state index contributed by atoms with van der Waals surface area (Å²) in [5.41, 5.74) is 3.23. The van der Waals surface area contributed by atoms with Gasteiger partial charge in [-0.15, -0.1) is 0 Å². The number of aromatic nitrogens is 1. The van der Waals surface area contributed by atoms with Crippen LogP contribution >= 0.6 is 0 Å². The van der Waals surface area contributed by atoms with Gasteiger partial charge in [-0.25, -0.2) is 14.8 Å². The number of para-hydroxylation sites is 1. The molecule has 2 aliphatic heterocycles. The Labute approximate surface area is 159 Å². The minimum absolute atomic E-state index is 0.0786. The van der Waals surface area contributed by atoms with Gasteiger partial charge in [-0.1, -0.05) is 18.2 Å². The van der Waals surface area contributed by atoms with E-state index in [0.29, 0.717) is 17.9 Å². The van der Waals surface area contributed by atoms with Gasteiger partial charge in [0.25, 0.3) is 0 Å².